The number of carbonyl (C=O) groups excluding carboxylic acids is 1. The van der Waals surface area contributed by atoms with E-state index in [1.807, 2.05) is 25.7 Å². The van der Waals surface area contributed by atoms with Crippen LogP contribution in [0.2, 0.25) is 0 Å². The number of hydrogen-bond acceptors (Lipinski definition) is 8. The molecule has 9 nitrogen and oxygen atoms in total. The Morgan fingerprint density at radius 3 is 2.59 bits per heavy atom. The maximum Gasteiger partial charge on any atom is 0.360 e. The Morgan fingerprint density at radius 2 is 1.97 bits per heavy atom. The fourth-order valence-electron chi connectivity index (χ4n) is 3.36. The molecule has 0 atom stereocenters. The van der Waals surface area contributed by atoms with Crippen molar-refractivity contribution in [1.29, 1.82) is 0 Å². The molecule has 0 amide bonds. The minimum atomic E-state index is -0.585. The first kappa shape index (κ1) is 23.4. The van der Waals surface area contributed by atoms with Gasteiger partial charge in [0.1, 0.15) is 16.9 Å². The Kier molecular flexibility index (Phi) is 7.57. The number of benzene rings is 1. The van der Waals surface area contributed by atoms with Crippen LogP contribution in [-0.4, -0.2) is 59.1 Å². The van der Waals surface area contributed by atoms with Crippen molar-refractivity contribution in [3.8, 4) is 0 Å². The molecule has 0 unspecified atom stereocenters. The van der Waals surface area contributed by atoms with E-state index < -0.39 is 5.97 Å². The second-order valence-corrected chi connectivity index (χ2v) is 7.09. The molecule has 3 aromatic rings. The molecule has 0 aliphatic heterocycles. The molecule has 0 spiro atoms. The van der Waals surface area contributed by atoms with Crippen LogP contribution < -0.4 is 10.2 Å². The van der Waals surface area contributed by atoms with E-state index in [0.717, 1.165) is 0 Å². The molecule has 0 radical (unpaired) electrons. The van der Waals surface area contributed by atoms with Gasteiger partial charge in [-0.2, -0.15) is 10.1 Å². The molecule has 0 bridgehead atoms. The monoisotopic (exact) mass is 444 g/mol. The summed E-state index contributed by atoms with van der Waals surface area (Å²) < 4.78 is 25.8. The van der Waals surface area contributed by atoms with Crippen molar-refractivity contribution >= 4 is 34.5 Å². The van der Waals surface area contributed by atoms with E-state index >= 15 is 0 Å². The third-order valence-corrected chi connectivity index (χ3v) is 5.07. The van der Waals surface area contributed by atoms with E-state index in [1.165, 1.54) is 13.2 Å². The molecule has 1 N–H and O–H groups in total. The van der Waals surface area contributed by atoms with Crippen molar-refractivity contribution in [1.82, 2.24) is 19.7 Å². The Hall–Kier alpha value is -3.27. The lowest BCUT2D eigenvalue weighted by Gasteiger charge is -2.20. The Morgan fingerprint density at radius 1 is 1.22 bits per heavy atom. The molecule has 0 fully saturated rings. The average Bonchev–Trinajstić information content (AvgIpc) is 3.16. The summed E-state index contributed by atoms with van der Waals surface area (Å²) >= 11 is 0. The lowest BCUT2D eigenvalue weighted by atomic mass is 10.2. The summed E-state index contributed by atoms with van der Waals surface area (Å²) in [6, 6.07) is 4.73. The van der Waals surface area contributed by atoms with Crippen LogP contribution in [0.3, 0.4) is 0 Å². The largest absolute Gasteiger partial charge is 0.464 e. The highest BCUT2D eigenvalue weighted by molar-refractivity contribution is 6.03. The van der Waals surface area contributed by atoms with Crippen LogP contribution in [0.5, 0.6) is 0 Å². The number of carbonyl (C=O) groups is 1. The standard InChI is InChI=1S/C22H29FN6O3/c1-6-28(7-2)22-25-17-18(21(30)31-5)27-29(11-12-32-8-3)19(17)20(26-22)24-15-9-10-16(23)14(4)13-15/h9-10,13H,6-8,11-12H2,1-5H3,(H,24,25,26). The summed E-state index contributed by atoms with van der Waals surface area (Å²) in [7, 11) is 1.31. The van der Waals surface area contributed by atoms with Crippen LogP contribution in [-0.2, 0) is 16.0 Å². The normalized spacial score (nSPS) is 11.1. The average molecular weight is 445 g/mol. The first-order chi connectivity index (χ1) is 15.4. The number of hydrogen-bond donors (Lipinski definition) is 1. The van der Waals surface area contributed by atoms with Crippen molar-refractivity contribution in [3.05, 3.63) is 35.3 Å². The highest BCUT2D eigenvalue weighted by Gasteiger charge is 2.25. The van der Waals surface area contributed by atoms with Crippen molar-refractivity contribution in [2.75, 3.05) is 43.6 Å². The van der Waals surface area contributed by atoms with Gasteiger partial charge in [-0.3, -0.25) is 4.68 Å². The van der Waals surface area contributed by atoms with Crippen molar-refractivity contribution in [2.45, 2.75) is 34.2 Å². The maximum atomic E-state index is 13.8. The molecule has 0 aliphatic carbocycles. The van der Waals surface area contributed by atoms with Gasteiger partial charge in [-0.1, -0.05) is 0 Å². The fourth-order valence-corrected chi connectivity index (χ4v) is 3.36. The van der Waals surface area contributed by atoms with Gasteiger partial charge in [-0.15, -0.1) is 0 Å². The molecule has 0 aliphatic rings. The number of methoxy groups -OCH3 is 1. The zero-order valence-corrected chi connectivity index (χ0v) is 19.1. The third-order valence-electron chi connectivity index (χ3n) is 5.07. The topological polar surface area (TPSA) is 94.4 Å². The van der Waals surface area contributed by atoms with E-state index in [9.17, 15) is 9.18 Å². The highest BCUT2D eigenvalue weighted by atomic mass is 19.1. The summed E-state index contributed by atoms with van der Waals surface area (Å²) in [4.78, 5) is 23.8. The Labute approximate surface area is 186 Å². The number of nitrogens with one attached hydrogen (secondary N) is 1. The molecule has 172 valence electrons. The summed E-state index contributed by atoms with van der Waals surface area (Å²) in [6.45, 7) is 10.3. The molecule has 0 saturated heterocycles. The lowest BCUT2D eigenvalue weighted by molar-refractivity contribution is 0.0594. The zero-order valence-electron chi connectivity index (χ0n) is 19.1. The fraction of sp³-hybridized carbons (Fsp3) is 0.455. The van der Waals surface area contributed by atoms with Gasteiger partial charge in [0, 0.05) is 25.4 Å². The quantitative estimate of drug-likeness (QED) is 0.374. The predicted molar refractivity (Wildman–Crippen MR) is 121 cm³/mol. The second-order valence-electron chi connectivity index (χ2n) is 7.09. The predicted octanol–water partition coefficient (Wildman–Crippen LogP) is 3.69. The summed E-state index contributed by atoms with van der Waals surface area (Å²) in [5, 5.41) is 7.72. The first-order valence-corrected chi connectivity index (χ1v) is 10.7. The first-order valence-electron chi connectivity index (χ1n) is 10.7. The molecular weight excluding hydrogens is 415 g/mol. The molecular formula is C22H29FN6O3. The second kappa shape index (κ2) is 10.4. The Balaban J connectivity index is 2.22. The molecule has 32 heavy (non-hydrogen) atoms. The number of halogens is 1. The van der Waals surface area contributed by atoms with E-state index in [4.69, 9.17) is 14.5 Å². The number of fused-ring (bicyclic) bond motifs is 1. The third kappa shape index (κ3) is 4.80. The van der Waals surface area contributed by atoms with E-state index in [1.54, 1.807) is 23.7 Å². The molecule has 10 heteroatoms. The highest BCUT2D eigenvalue weighted by Crippen LogP contribution is 2.29. The number of ether oxygens (including phenoxy) is 2. The van der Waals surface area contributed by atoms with Crippen molar-refractivity contribution in [3.63, 3.8) is 0 Å². The van der Waals surface area contributed by atoms with Gasteiger partial charge >= 0.3 is 5.97 Å². The minimum Gasteiger partial charge on any atom is -0.464 e. The SMILES string of the molecule is CCOCCn1nc(C(=O)OC)c2nc(N(CC)CC)nc(Nc3ccc(F)c(C)c3)c21. The molecule has 0 saturated carbocycles. The van der Waals surface area contributed by atoms with E-state index in [2.05, 4.69) is 15.4 Å². The van der Waals surface area contributed by atoms with Crippen LogP contribution in [0.1, 0.15) is 36.8 Å². The summed E-state index contributed by atoms with van der Waals surface area (Å²) in [5.41, 5.74) is 2.19. The molecule has 1 aromatic carbocycles. The molecule has 2 aromatic heterocycles. The van der Waals surface area contributed by atoms with Gasteiger partial charge in [-0.25, -0.2) is 14.2 Å². The van der Waals surface area contributed by atoms with Crippen LogP contribution in [0, 0.1) is 12.7 Å². The zero-order chi connectivity index (χ0) is 23.3. The summed E-state index contributed by atoms with van der Waals surface area (Å²) in [5.74, 6) is 0.0419. The van der Waals surface area contributed by atoms with Gasteiger partial charge in [0.15, 0.2) is 11.5 Å². The van der Waals surface area contributed by atoms with E-state index in [-0.39, 0.29) is 11.5 Å². The number of nitrogens with zero attached hydrogens (tertiary/aromatic N) is 5. The van der Waals surface area contributed by atoms with Crippen molar-refractivity contribution in [2.24, 2.45) is 0 Å². The van der Waals surface area contributed by atoms with Gasteiger partial charge in [0.25, 0.3) is 0 Å². The molecule has 3 rings (SSSR count). The van der Waals surface area contributed by atoms with Crippen LogP contribution in [0.25, 0.3) is 11.0 Å². The lowest BCUT2D eigenvalue weighted by Crippen LogP contribution is -2.24. The smallest absolute Gasteiger partial charge is 0.360 e. The molecule has 2 heterocycles. The van der Waals surface area contributed by atoms with Gasteiger partial charge in [0.2, 0.25) is 5.95 Å². The number of esters is 1. The van der Waals surface area contributed by atoms with Gasteiger partial charge in [-0.05, 0) is 51.5 Å². The van der Waals surface area contributed by atoms with Crippen LogP contribution >= 0.6 is 0 Å². The minimum absolute atomic E-state index is 0.105. The Bertz CT molecular complexity index is 1100. The summed E-state index contributed by atoms with van der Waals surface area (Å²) in [6.07, 6.45) is 0. The number of aryl methyl sites for hydroxylation is 1. The number of aromatic nitrogens is 4. The van der Waals surface area contributed by atoms with Gasteiger partial charge in [0.05, 0.1) is 20.3 Å². The van der Waals surface area contributed by atoms with Crippen LogP contribution in [0.4, 0.5) is 21.8 Å². The van der Waals surface area contributed by atoms with E-state index in [0.29, 0.717) is 66.9 Å². The van der Waals surface area contributed by atoms with Crippen LogP contribution in [0.15, 0.2) is 18.2 Å². The number of anilines is 3. The maximum absolute atomic E-state index is 13.8. The van der Waals surface area contributed by atoms with Crippen molar-refractivity contribution < 1.29 is 18.7 Å². The van der Waals surface area contributed by atoms with Gasteiger partial charge < -0.3 is 19.7 Å². The number of rotatable bonds is 10.